The van der Waals surface area contributed by atoms with Crippen molar-refractivity contribution in [2.75, 3.05) is 24.7 Å². The molecule has 0 radical (unpaired) electrons. The molecule has 148 valence electrons. The Morgan fingerprint density at radius 3 is 2.25 bits per heavy atom. The number of likely N-dealkylation sites (tertiary alicyclic amines) is 1. The second-order valence-corrected chi connectivity index (χ2v) is 7.97. The van der Waals surface area contributed by atoms with E-state index in [0.29, 0.717) is 17.2 Å². The number of nitrogens with one attached hydrogen (secondary N) is 1. The van der Waals surface area contributed by atoms with Crippen LogP contribution in [0.15, 0.2) is 54.6 Å². The summed E-state index contributed by atoms with van der Waals surface area (Å²) >= 11 is 1.46. The first kappa shape index (κ1) is 20.4. The maximum Gasteiger partial charge on any atom is 0.251 e. The maximum absolute atomic E-state index is 12.9. The van der Waals surface area contributed by atoms with Crippen LogP contribution in [0.4, 0.5) is 0 Å². The Labute approximate surface area is 170 Å². The van der Waals surface area contributed by atoms with Crippen LogP contribution in [-0.4, -0.2) is 47.5 Å². The molecule has 0 aliphatic carbocycles. The van der Waals surface area contributed by atoms with Crippen molar-refractivity contribution in [3.05, 3.63) is 60.2 Å². The second kappa shape index (κ2) is 10.3. The first-order chi connectivity index (χ1) is 13.7. The molecular weight excluding hydrogens is 370 g/mol. The SMILES string of the molecule is NCSC[C@H](NC(=O)c1ccc(-c2ccccc2)cc1)C(=O)N1CCCCC1. The zero-order valence-corrected chi connectivity index (χ0v) is 16.8. The van der Waals surface area contributed by atoms with E-state index in [9.17, 15) is 9.59 Å². The fraction of sp³-hybridized carbons (Fsp3) is 0.364. The lowest BCUT2D eigenvalue weighted by molar-refractivity contribution is -0.133. The highest BCUT2D eigenvalue weighted by atomic mass is 32.2. The fourth-order valence-electron chi connectivity index (χ4n) is 3.38. The summed E-state index contributed by atoms with van der Waals surface area (Å²) in [6.45, 7) is 1.54. The molecule has 0 saturated carbocycles. The Balaban J connectivity index is 1.67. The number of piperidine rings is 1. The first-order valence-electron chi connectivity index (χ1n) is 9.72. The van der Waals surface area contributed by atoms with Crippen LogP contribution >= 0.6 is 11.8 Å². The summed E-state index contributed by atoms with van der Waals surface area (Å²) in [7, 11) is 0. The monoisotopic (exact) mass is 397 g/mol. The molecule has 5 nitrogen and oxygen atoms in total. The molecule has 1 saturated heterocycles. The highest BCUT2D eigenvalue weighted by molar-refractivity contribution is 7.99. The highest BCUT2D eigenvalue weighted by Gasteiger charge is 2.27. The zero-order chi connectivity index (χ0) is 19.8. The number of carbonyl (C=O) groups excluding carboxylic acids is 2. The van der Waals surface area contributed by atoms with Crippen molar-refractivity contribution in [3.63, 3.8) is 0 Å². The number of thioether (sulfide) groups is 1. The molecule has 1 fully saturated rings. The summed E-state index contributed by atoms with van der Waals surface area (Å²) in [5.41, 5.74) is 8.30. The lowest BCUT2D eigenvalue weighted by Crippen LogP contribution is -2.51. The molecule has 1 aliphatic heterocycles. The van der Waals surface area contributed by atoms with Gasteiger partial charge in [0, 0.05) is 30.3 Å². The average Bonchev–Trinajstić information content (AvgIpc) is 2.77. The number of carbonyl (C=O) groups is 2. The largest absolute Gasteiger partial charge is 0.341 e. The molecule has 6 heteroatoms. The Kier molecular flexibility index (Phi) is 7.51. The van der Waals surface area contributed by atoms with Gasteiger partial charge in [-0.05, 0) is 42.5 Å². The van der Waals surface area contributed by atoms with Crippen molar-refractivity contribution in [2.24, 2.45) is 5.73 Å². The quantitative estimate of drug-likeness (QED) is 0.704. The first-order valence-corrected chi connectivity index (χ1v) is 10.9. The minimum Gasteiger partial charge on any atom is -0.341 e. The zero-order valence-electron chi connectivity index (χ0n) is 16.0. The van der Waals surface area contributed by atoms with E-state index in [4.69, 9.17) is 5.73 Å². The Bertz CT molecular complexity index is 774. The van der Waals surface area contributed by atoms with Crippen LogP contribution in [0.3, 0.4) is 0 Å². The average molecular weight is 398 g/mol. The van der Waals surface area contributed by atoms with Gasteiger partial charge >= 0.3 is 0 Å². The minimum atomic E-state index is -0.548. The van der Waals surface area contributed by atoms with E-state index in [1.165, 1.54) is 11.8 Å². The molecule has 0 spiro atoms. The van der Waals surface area contributed by atoms with Gasteiger partial charge < -0.3 is 16.0 Å². The van der Waals surface area contributed by atoms with Gasteiger partial charge in [-0.2, -0.15) is 0 Å². The van der Waals surface area contributed by atoms with Crippen molar-refractivity contribution >= 4 is 23.6 Å². The summed E-state index contributed by atoms with van der Waals surface area (Å²) in [6, 6.07) is 16.9. The molecule has 3 N–H and O–H groups in total. The van der Waals surface area contributed by atoms with Gasteiger partial charge in [0.15, 0.2) is 0 Å². The summed E-state index contributed by atoms with van der Waals surface area (Å²) in [4.78, 5) is 27.5. The van der Waals surface area contributed by atoms with Crippen molar-refractivity contribution in [1.82, 2.24) is 10.2 Å². The third-order valence-corrected chi connectivity index (χ3v) is 5.73. The lowest BCUT2D eigenvalue weighted by Gasteiger charge is -2.30. The van der Waals surface area contributed by atoms with Gasteiger partial charge in [-0.25, -0.2) is 0 Å². The van der Waals surface area contributed by atoms with Crippen molar-refractivity contribution in [3.8, 4) is 11.1 Å². The van der Waals surface area contributed by atoms with Crippen molar-refractivity contribution < 1.29 is 9.59 Å². The van der Waals surface area contributed by atoms with Gasteiger partial charge in [0.2, 0.25) is 5.91 Å². The number of hydrogen-bond donors (Lipinski definition) is 2. The van der Waals surface area contributed by atoms with Crippen LogP contribution in [0.2, 0.25) is 0 Å². The Hall–Kier alpha value is -2.31. The van der Waals surface area contributed by atoms with E-state index in [0.717, 1.165) is 43.5 Å². The van der Waals surface area contributed by atoms with Crippen molar-refractivity contribution in [1.29, 1.82) is 0 Å². The van der Waals surface area contributed by atoms with Crippen LogP contribution in [0.1, 0.15) is 29.6 Å². The molecule has 28 heavy (non-hydrogen) atoms. The van der Waals surface area contributed by atoms with Crippen LogP contribution in [0.25, 0.3) is 11.1 Å². The molecule has 1 aliphatic rings. The Morgan fingerprint density at radius 1 is 0.964 bits per heavy atom. The number of hydrogen-bond acceptors (Lipinski definition) is 4. The molecule has 2 amide bonds. The van der Waals surface area contributed by atoms with E-state index < -0.39 is 6.04 Å². The molecule has 3 rings (SSSR count). The van der Waals surface area contributed by atoms with Crippen LogP contribution in [0.5, 0.6) is 0 Å². The molecule has 2 aromatic carbocycles. The van der Waals surface area contributed by atoms with E-state index in [2.05, 4.69) is 5.32 Å². The summed E-state index contributed by atoms with van der Waals surface area (Å²) in [5.74, 6) is 0.674. The topological polar surface area (TPSA) is 75.4 Å². The second-order valence-electron chi connectivity index (χ2n) is 6.89. The molecule has 0 aromatic heterocycles. The van der Waals surface area contributed by atoms with Crippen molar-refractivity contribution in [2.45, 2.75) is 25.3 Å². The Morgan fingerprint density at radius 2 is 1.61 bits per heavy atom. The van der Waals surface area contributed by atoms with E-state index in [1.54, 1.807) is 12.1 Å². The predicted octanol–water partition coefficient (Wildman–Crippen LogP) is 3.11. The summed E-state index contributed by atoms with van der Waals surface area (Å²) in [6.07, 6.45) is 3.21. The van der Waals surface area contributed by atoms with Gasteiger partial charge in [0.25, 0.3) is 5.91 Å². The smallest absolute Gasteiger partial charge is 0.251 e. The normalized spacial score (nSPS) is 15.1. The number of benzene rings is 2. The van der Waals surface area contributed by atoms with E-state index in [-0.39, 0.29) is 11.8 Å². The molecule has 1 atom stereocenters. The van der Waals surface area contributed by atoms with Gasteiger partial charge in [-0.15, -0.1) is 11.8 Å². The maximum atomic E-state index is 12.9. The summed E-state index contributed by atoms with van der Waals surface area (Å²) in [5, 5.41) is 2.92. The fourth-order valence-corrected chi connectivity index (χ4v) is 3.98. The minimum absolute atomic E-state index is 0.00472. The van der Waals surface area contributed by atoms with Crippen LogP contribution in [-0.2, 0) is 4.79 Å². The summed E-state index contributed by atoms with van der Waals surface area (Å²) < 4.78 is 0. The number of nitrogens with two attached hydrogens (primary N) is 1. The van der Waals surface area contributed by atoms with Gasteiger partial charge in [-0.3, -0.25) is 9.59 Å². The number of rotatable bonds is 7. The molecule has 1 heterocycles. The number of amides is 2. The molecule has 0 unspecified atom stereocenters. The van der Waals surface area contributed by atoms with Crippen LogP contribution in [0, 0.1) is 0 Å². The number of nitrogens with zero attached hydrogens (tertiary/aromatic N) is 1. The lowest BCUT2D eigenvalue weighted by atomic mass is 10.0. The molecule has 0 bridgehead atoms. The third kappa shape index (κ3) is 5.36. The molecule has 2 aromatic rings. The van der Waals surface area contributed by atoms with Gasteiger partial charge in [0.1, 0.15) is 6.04 Å². The standard InChI is InChI=1S/C22H27N3O2S/c23-16-28-15-20(22(27)25-13-5-2-6-14-25)24-21(26)19-11-9-18(10-12-19)17-7-3-1-4-8-17/h1,3-4,7-12,20H,2,5-6,13-16,23H2,(H,24,26)/t20-/m0/s1. The molecular formula is C22H27N3O2S. The third-order valence-electron chi connectivity index (χ3n) is 4.93. The van der Waals surface area contributed by atoms with Gasteiger partial charge in [0.05, 0.1) is 0 Å². The van der Waals surface area contributed by atoms with Gasteiger partial charge in [-0.1, -0.05) is 42.5 Å². The highest BCUT2D eigenvalue weighted by Crippen LogP contribution is 2.19. The van der Waals surface area contributed by atoms with E-state index in [1.807, 2.05) is 47.4 Å². The van der Waals surface area contributed by atoms with Crippen LogP contribution < -0.4 is 11.1 Å². The predicted molar refractivity (Wildman–Crippen MR) is 115 cm³/mol. The van der Waals surface area contributed by atoms with E-state index >= 15 is 0 Å².